The molecule has 0 amide bonds. The molecule has 264 valence electrons. The summed E-state index contributed by atoms with van der Waals surface area (Å²) < 4.78 is 0. The van der Waals surface area contributed by atoms with Crippen molar-refractivity contribution in [3.05, 3.63) is 24.3 Å². The van der Waals surface area contributed by atoms with E-state index in [1.54, 1.807) is 0 Å². The van der Waals surface area contributed by atoms with E-state index in [9.17, 15) is 19.8 Å². The fraction of sp³-hybridized carbons (Fsp3) is 0.850. The Morgan fingerprint density at radius 1 is 0.489 bits per heavy atom. The van der Waals surface area contributed by atoms with Crippen LogP contribution in [0.3, 0.4) is 0 Å². The number of aliphatic hydroxyl groups is 1. The number of carbonyl (C=O) groups is 2. The zero-order valence-corrected chi connectivity index (χ0v) is 29.5. The molecular weight excluding hydrogens is 560 g/mol. The monoisotopic (exact) mass is 635 g/mol. The van der Waals surface area contributed by atoms with E-state index in [1.807, 2.05) is 0 Å². The van der Waals surface area contributed by atoms with Crippen LogP contribution in [-0.4, -0.2) is 33.4 Å². The van der Waals surface area contributed by atoms with Crippen LogP contribution >= 0.6 is 0 Å². The van der Waals surface area contributed by atoms with E-state index in [-0.39, 0.29) is 18.4 Å². The third-order valence-electron chi connectivity index (χ3n) is 9.09. The number of hydrogen-bond donors (Lipinski definition) is 3. The van der Waals surface area contributed by atoms with Gasteiger partial charge in [0.2, 0.25) is 0 Å². The highest BCUT2D eigenvalue weighted by Crippen LogP contribution is 2.20. The van der Waals surface area contributed by atoms with Gasteiger partial charge >= 0.3 is 11.9 Å². The van der Waals surface area contributed by atoms with Crippen LogP contribution in [-0.2, 0) is 9.59 Å². The van der Waals surface area contributed by atoms with Crippen LogP contribution < -0.4 is 0 Å². The van der Waals surface area contributed by atoms with Crippen molar-refractivity contribution < 1.29 is 24.9 Å². The van der Waals surface area contributed by atoms with Gasteiger partial charge in [-0.05, 0) is 70.6 Å². The first-order valence-corrected chi connectivity index (χ1v) is 19.4. The molecule has 0 aromatic carbocycles. The Bertz CT molecular complexity index is 701. The Balaban J connectivity index is 3.55. The Morgan fingerprint density at radius 3 is 1.31 bits per heavy atom. The summed E-state index contributed by atoms with van der Waals surface area (Å²) in [5.41, 5.74) is 0. The van der Waals surface area contributed by atoms with E-state index < -0.39 is 11.9 Å². The lowest BCUT2D eigenvalue weighted by molar-refractivity contribution is -0.142. The molecule has 0 aromatic heterocycles. The second kappa shape index (κ2) is 35.2. The van der Waals surface area contributed by atoms with Gasteiger partial charge in [-0.3, -0.25) is 9.59 Å². The van der Waals surface area contributed by atoms with E-state index in [0.717, 1.165) is 96.3 Å². The number of allylic oxidation sites excluding steroid dienone is 3. The summed E-state index contributed by atoms with van der Waals surface area (Å²) >= 11 is 0. The predicted molar refractivity (Wildman–Crippen MR) is 192 cm³/mol. The number of unbranched alkanes of at least 4 members (excludes halogenated alkanes) is 22. The molecule has 0 radical (unpaired) electrons. The molecule has 0 spiro atoms. The van der Waals surface area contributed by atoms with Gasteiger partial charge in [-0.25, -0.2) is 0 Å². The van der Waals surface area contributed by atoms with Gasteiger partial charge in [-0.2, -0.15) is 0 Å². The van der Waals surface area contributed by atoms with Gasteiger partial charge in [-0.1, -0.05) is 153 Å². The predicted octanol–water partition coefficient (Wildman–Crippen LogP) is 12.4. The smallest absolute Gasteiger partial charge is 0.306 e. The third-order valence-corrected chi connectivity index (χ3v) is 9.09. The quantitative estimate of drug-likeness (QED) is 0.0471. The molecule has 0 aromatic rings. The van der Waals surface area contributed by atoms with E-state index in [4.69, 9.17) is 5.11 Å². The Morgan fingerprint density at radius 2 is 0.867 bits per heavy atom. The molecule has 45 heavy (non-hydrogen) atoms. The van der Waals surface area contributed by atoms with E-state index >= 15 is 0 Å². The Hall–Kier alpha value is -1.62. The highest BCUT2D eigenvalue weighted by atomic mass is 16.4. The van der Waals surface area contributed by atoms with Crippen molar-refractivity contribution in [3.63, 3.8) is 0 Å². The fourth-order valence-electron chi connectivity index (χ4n) is 6.07. The van der Waals surface area contributed by atoms with Crippen molar-refractivity contribution in [2.45, 2.75) is 212 Å². The zero-order valence-electron chi connectivity index (χ0n) is 29.5. The average molecular weight is 635 g/mol. The number of carboxylic acid groups (broad SMARTS) is 2. The van der Waals surface area contributed by atoms with Gasteiger partial charge in [0.15, 0.2) is 0 Å². The van der Waals surface area contributed by atoms with Crippen molar-refractivity contribution in [1.29, 1.82) is 0 Å². The number of aliphatic carboxylic acids is 2. The van der Waals surface area contributed by atoms with Crippen molar-refractivity contribution in [1.82, 2.24) is 0 Å². The van der Waals surface area contributed by atoms with Crippen molar-refractivity contribution in [2.75, 3.05) is 0 Å². The molecule has 0 aliphatic rings. The lowest BCUT2D eigenvalue weighted by Crippen LogP contribution is -2.13. The second-order valence-corrected chi connectivity index (χ2v) is 13.5. The van der Waals surface area contributed by atoms with Crippen LogP contribution in [0.4, 0.5) is 0 Å². The van der Waals surface area contributed by atoms with Crippen LogP contribution in [0, 0.1) is 5.92 Å². The molecule has 0 heterocycles. The number of aliphatic hydroxyl groups excluding tert-OH is 1. The van der Waals surface area contributed by atoms with Gasteiger partial charge in [0, 0.05) is 6.42 Å². The van der Waals surface area contributed by atoms with Crippen LogP contribution in [0.2, 0.25) is 0 Å². The molecule has 5 heteroatoms. The second-order valence-electron chi connectivity index (χ2n) is 13.5. The minimum atomic E-state index is -0.705. The maximum absolute atomic E-state index is 11.7. The van der Waals surface area contributed by atoms with Gasteiger partial charge in [0.1, 0.15) is 0 Å². The number of hydrogen-bond acceptors (Lipinski definition) is 3. The zero-order chi connectivity index (χ0) is 33.1. The van der Waals surface area contributed by atoms with E-state index in [1.165, 1.54) is 89.9 Å². The van der Waals surface area contributed by atoms with Crippen LogP contribution in [0.1, 0.15) is 206 Å². The van der Waals surface area contributed by atoms with E-state index in [2.05, 4.69) is 31.2 Å². The largest absolute Gasteiger partial charge is 0.481 e. The first kappa shape index (κ1) is 43.4. The molecule has 0 fully saturated rings. The minimum Gasteiger partial charge on any atom is -0.481 e. The van der Waals surface area contributed by atoms with E-state index in [0.29, 0.717) is 6.42 Å². The van der Waals surface area contributed by atoms with Crippen LogP contribution in [0.15, 0.2) is 24.3 Å². The first-order valence-electron chi connectivity index (χ1n) is 19.4. The summed E-state index contributed by atoms with van der Waals surface area (Å²) in [7, 11) is 0. The molecule has 2 atom stereocenters. The summed E-state index contributed by atoms with van der Waals surface area (Å²) in [5.74, 6) is -1.53. The number of rotatable bonds is 36. The topological polar surface area (TPSA) is 94.8 Å². The molecule has 1 unspecified atom stereocenters. The molecule has 0 bridgehead atoms. The normalized spacial score (nSPS) is 13.2. The molecular formula is C40H74O5. The van der Waals surface area contributed by atoms with Crippen molar-refractivity contribution in [2.24, 2.45) is 5.92 Å². The molecule has 5 nitrogen and oxygen atoms in total. The summed E-state index contributed by atoms with van der Waals surface area (Å²) in [4.78, 5) is 22.2. The summed E-state index contributed by atoms with van der Waals surface area (Å²) in [6.45, 7) is 2.27. The average Bonchev–Trinajstić information content (AvgIpc) is 3.01. The van der Waals surface area contributed by atoms with Crippen molar-refractivity contribution in [3.8, 4) is 0 Å². The SMILES string of the molecule is CCCCCCCCC=CCCCCCCCCCCC(CCCCCC[C@@H](O)CC=CCCCCCCCC(=O)O)C(=O)O. The van der Waals surface area contributed by atoms with Crippen LogP contribution in [0.25, 0.3) is 0 Å². The molecule has 0 aliphatic heterocycles. The third kappa shape index (κ3) is 35.1. The van der Waals surface area contributed by atoms with Gasteiger partial charge in [-0.15, -0.1) is 0 Å². The molecule has 0 saturated carbocycles. The Kier molecular flexibility index (Phi) is 34.0. The molecule has 0 saturated heterocycles. The standard InChI is InChI=1S/C40H74O5/c1-2-3-4-5-6-7-8-9-10-11-12-13-14-15-16-19-22-27-32-37(40(44)45)33-28-25-26-30-35-38(41)34-29-23-20-17-18-21-24-31-36-39(42)43/h9-10,23,29,37-38,41H,2-8,11-22,24-28,30-36H2,1H3,(H,42,43)(H,44,45)/t37?,38-/m0/s1. The van der Waals surface area contributed by atoms with Gasteiger partial charge in [0.25, 0.3) is 0 Å². The fourth-order valence-corrected chi connectivity index (χ4v) is 6.07. The number of carboxylic acids is 2. The lowest BCUT2D eigenvalue weighted by atomic mass is 9.94. The highest BCUT2D eigenvalue weighted by molar-refractivity contribution is 5.69. The van der Waals surface area contributed by atoms with Gasteiger partial charge < -0.3 is 15.3 Å². The van der Waals surface area contributed by atoms with Gasteiger partial charge in [0.05, 0.1) is 12.0 Å². The van der Waals surface area contributed by atoms with Crippen LogP contribution in [0.5, 0.6) is 0 Å². The molecule has 0 aliphatic carbocycles. The van der Waals surface area contributed by atoms with Crippen molar-refractivity contribution >= 4 is 11.9 Å². The summed E-state index contributed by atoms with van der Waals surface area (Å²) in [5, 5.41) is 28.5. The molecule has 3 N–H and O–H groups in total. The Labute approximate surface area is 278 Å². The first-order chi connectivity index (χ1) is 22.0. The molecule has 0 rings (SSSR count). The summed E-state index contributed by atoms with van der Waals surface area (Å²) in [6, 6.07) is 0. The minimum absolute atomic E-state index is 0.195. The summed E-state index contributed by atoms with van der Waals surface area (Å²) in [6.07, 6.45) is 43.1. The maximum atomic E-state index is 11.7. The maximum Gasteiger partial charge on any atom is 0.306 e. The lowest BCUT2D eigenvalue weighted by Gasteiger charge is -2.12. The highest BCUT2D eigenvalue weighted by Gasteiger charge is 2.16.